The fraction of sp³-hybridized carbons (Fsp3) is 0.417. The van der Waals surface area contributed by atoms with Crippen molar-refractivity contribution in [3.8, 4) is 0 Å². The molecule has 8 heteroatoms. The first-order valence-corrected chi connectivity index (χ1v) is 10.7. The summed E-state index contributed by atoms with van der Waals surface area (Å²) in [7, 11) is 0. The first-order valence-electron chi connectivity index (χ1n) is 10.7. The van der Waals surface area contributed by atoms with Gasteiger partial charge in [0.2, 0.25) is 0 Å². The molecule has 0 saturated heterocycles. The summed E-state index contributed by atoms with van der Waals surface area (Å²) < 4.78 is 20.6. The Morgan fingerprint density at radius 2 is 1.84 bits per heavy atom. The summed E-state index contributed by atoms with van der Waals surface area (Å²) in [5.41, 5.74) is -0.600. The van der Waals surface area contributed by atoms with Gasteiger partial charge < -0.3 is 20.2 Å². The fourth-order valence-corrected chi connectivity index (χ4v) is 4.20. The van der Waals surface area contributed by atoms with Gasteiger partial charge >= 0.3 is 0 Å². The molecule has 3 atom stereocenters. The van der Waals surface area contributed by atoms with Gasteiger partial charge in [0.05, 0.1) is 11.7 Å². The standard InChI is InChI=1S/C24H28FN3O4/c1-6-24(4,5)22(15-10-7-11(2)32-15)28-19-18(20(29)21(19)30)27-17-14(25)9-8-13-12(3)26-23(31)16(13)17/h7-10,12,22-23,26-28,31H,6H2,1-5H3/t12-,22-,23?/m0/s1. The number of fused-ring (bicyclic) bond motifs is 1. The molecule has 4 N–H and O–H groups in total. The highest BCUT2D eigenvalue weighted by atomic mass is 19.1. The number of anilines is 3. The molecule has 3 aromatic rings. The van der Waals surface area contributed by atoms with Crippen LogP contribution >= 0.6 is 0 Å². The van der Waals surface area contributed by atoms with Gasteiger partial charge in [0.25, 0.3) is 10.9 Å². The second-order valence-corrected chi connectivity index (χ2v) is 9.12. The molecule has 4 rings (SSSR count). The van der Waals surface area contributed by atoms with E-state index in [4.69, 9.17) is 4.42 Å². The molecule has 0 fully saturated rings. The average Bonchev–Trinajstić information content (AvgIpc) is 3.30. The van der Waals surface area contributed by atoms with Gasteiger partial charge in [-0.3, -0.25) is 14.9 Å². The minimum atomic E-state index is -1.08. The number of halogens is 1. The van der Waals surface area contributed by atoms with E-state index in [-0.39, 0.29) is 34.6 Å². The molecule has 0 spiro atoms. The van der Waals surface area contributed by atoms with Crippen molar-refractivity contribution in [3.63, 3.8) is 0 Å². The van der Waals surface area contributed by atoms with E-state index < -0.39 is 22.9 Å². The lowest BCUT2D eigenvalue weighted by Gasteiger charge is -2.34. The van der Waals surface area contributed by atoms with E-state index in [1.807, 2.05) is 46.8 Å². The number of furan rings is 1. The zero-order chi connectivity index (χ0) is 23.4. The van der Waals surface area contributed by atoms with Gasteiger partial charge in [-0.25, -0.2) is 4.39 Å². The predicted octanol–water partition coefficient (Wildman–Crippen LogP) is 4.31. The number of hydrogen-bond donors (Lipinski definition) is 4. The van der Waals surface area contributed by atoms with Crippen molar-refractivity contribution in [2.45, 2.75) is 59.4 Å². The topological polar surface area (TPSA) is 104 Å². The first-order chi connectivity index (χ1) is 15.0. The summed E-state index contributed by atoms with van der Waals surface area (Å²) in [6, 6.07) is 6.01. The Labute approximate surface area is 185 Å². The molecule has 1 aliphatic rings. The van der Waals surface area contributed by atoms with Crippen molar-refractivity contribution in [1.29, 1.82) is 0 Å². The molecular weight excluding hydrogens is 413 g/mol. The minimum absolute atomic E-state index is 0.0119. The van der Waals surface area contributed by atoms with Gasteiger partial charge in [0.15, 0.2) is 0 Å². The maximum atomic E-state index is 14.7. The van der Waals surface area contributed by atoms with Crippen LogP contribution in [0.4, 0.5) is 21.5 Å². The Morgan fingerprint density at radius 3 is 2.47 bits per heavy atom. The van der Waals surface area contributed by atoms with E-state index in [0.717, 1.165) is 17.7 Å². The Morgan fingerprint density at radius 1 is 1.16 bits per heavy atom. The van der Waals surface area contributed by atoms with E-state index in [1.165, 1.54) is 6.07 Å². The smallest absolute Gasteiger partial charge is 0.253 e. The summed E-state index contributed by atoms with van der Waals surface area (Å²) in [6.07, 6.45) is -0.307. The molecule has 0 saturated carbocycles. The largest absolute Gasteiger partial charge is 0.464 e. The first kappa shape index (κ1) is 22.2. The van der Waals surface area contributed by atoms with E-state index >= 15 is 0 Å². The summed E-state index contributed by atoms with van der Waals surface area (Å²) in [6.45, 7) is 9.79. The van der Waals surface area contributed by atoms with Gasteiger partial charge in [-0.2, -0.15) is 0 Å². The van der Waals surface area contributed by atoms with Crippen LogP contribution in [0.5, 0.6) is 0 Å². The molecule has 0 bridgehead atoms. The van der Waals surface area contributed by atoms with Crippen molar-refractivity contribution >= 4 is 17.1 Å². The van der Waals surface area contributed by atoms with Crippen LogP contribution < -0.4 is 26.8 Å². The zero-order valence-electron chi connectivity index (χ0n) is 18.8. The molecule has 0 amide bonds. The summed E-state index contributed by atoms with van der Waals surface area (Å²) in [4.78, 5) is 24.9. The van der Waals surface area contributed by atoms with Crippen molar-refractivity contribution in [2.75, 3.05) is 10.6 Å². The van der Waals surface area contributed by atoms with E-state index in [1.54, 1.807) is 6.07 Å². The van der Waals surface area contributed by atoms with Crippen molar-refractivity contribution in [1.82, 2.24) is 5.32 Å². The Kier molecular flexibility index (Phi) is 5.46. The van der Waals surface area contributed by atoms with Gasteiger partial charge in [-0.05, 0) is 49.4 Å². The lowest BCUT2D eigenvalue weighted by molar-refractivity contribution is 0.144. The zero-order valence-corrected chi connectivity index (χ0v) is 18.8. The lowest BCUT2D eigenvalue weighted by Crippen LogP contribution is -2.40. The van der Waals surface area contributed by atoms with Gasteiger partial charge in [0, 0.05) is 11.6 Å². The fourth-order valence-electron chi connectivity index (χ4n) is 4.20. The third-order valence-electron chi connectivity index (χ3n) is 6.56. The summed E-state index contributed by atoms with van der Waals surface area (Å²) >= 11 is 0. The highest BCUT2D eigenvalue weighted by Crippen LogP contribution is 2.42. The van der Waals surface area contributed by atoms with Crippen LogP contribution in [-0.4, -0.2) is 5.11 Å². The van der Waals surface area contributed by atoms with Gasteiger partial charge in [-0.1, -0.05) is 26.8 Å². The molecule has 32 heavy (non-hydrogen) atoms. The molecule has 0 aliphatic carbocycles. The Hall–Kier alpha value is -2.97. The van der Waals surface area contributed by atoms with Crippen LogP contribution in [0.1, 0.15) is 75.1 Å². The van der Waals surface area contributed by atoms with E-state index in [2.05, 4.69) is 16.0 Å². The minimum Gasteiger partial charge on any atom is -0.464 e. The Balaban J connectivity index is 1.73. The highest BCUT2D eigenvalue weighted by Gasteiger charge is 2.36. The molecule has 1 unspecified atom stereocenters. The average molecular weight is 442 g/mol. The molecular formula is C24H28FN3O4. The summed E-state index contributed by atoms with van der Waals surface area (Å²) in [5.74, 6) is 0.762. The van der Waals surface area contributed by atoms with E-state index in [0.29, 0.717) is 11.3 Å². The van der Waals surface area contributed by atoms with Crippen molar-refractivity contribution < 1.29 is 13.9 Å². The normalized spacial score (nSPS) is 19.2. The number of aryl methyl sites for hydroxylation is 1. The molecule has 1 aromatic heterocycles. The Bertz CT molecular complexity index is 1240. The van der Waals surface area contributed by atoms with Crippen LogP contribution in [0.15, 0.2) is 38.3 Å². The van der Waals surface area contributed by atoms with Crippen molar-refractivity contribution in [2.24, 2.45) is 5.41 Å². The van der Waals surface area contributed by atoms with Crippen LogP contribution in [-0.2, 0) is 0 Å². The number of aliphatic hydroxyl groups is 1. The molecule has 2 aromatic carbocycles. The monoisotopic (exact) mass is 441 g/mol. The van der Waals surface area contributed by atoms with Crippen molar-refractivity contribution in [3.05, 3.63) is 73.2 Å². The number of rotatable bonds is 7. The molecule has 1 aliphatic heterocycles. The van der Waals surface area contributed by atoms with Gasteiger partial charge in [0.1, 0.15) is 34.9 Å². The van der Waals surface area contributed by atoms with Gasteiger partial charge in [-0.15, -0.1) is 0 Å². The van der Waals surface area contributed by atoms with Crippen LogP contribution in [0.3, 0.4) is 0 Å². The second-order valence-electron chi connectivity index (χ2n) is 9.12. The molecule has 2 heterocycles. The summed E-state index contributed by atoms with van der Waals surface area (Å²) in [5, 5.41) is 19.3. The number of nitrogens with one attached hydrogen (secondary N) is 3. The molecule has 0 radical (unpaired) electrons. The van der Waals surface area contributed by atoms with Crippen LogP contribution in [0.2, 0.25) is 0 Å². The quantitative estimate of drug-likeness (QED) is 0.405. The third kappa shape index (κ3) is 3.53. The second kappa shape index (κ2) is 7.86. The predicted molar refractivity (Wildman–Crippen MR) is 121 cm³/mol. The number of benzene rings is 1. The SMILES string of the molecule is CCC(C)(C)[C@@H](Nc1c(Nc2c(F)ccc3c2C(O)N[C@H]3C)c(=O)c1=O)c1ccc(C)o1. The van der Waals surface area contributed by atoms with E-state index in [9.17, 15) is 19.1 Å². The maximum absolute atomic E-state index is 14.7. The number of hydrogen-bond acceptors (Lipinski definition) is 7. The lowest BCUT2D eigenvalue weighted by atomic mass is 9.80. The highest BCUT2D eigenvalue weighted by molar-refractivity contribution is 5.81. The van der Waals surface area contributed by atoms with Crippen LogP contribution in [0, 0.1) is 18.2 Å². The number of aliphatic hydroxyl groups excluding tert-OH is 1. The maximum Gasteiger partial charge on any atom is 0.253 e. The third-order valence-corrected chi connectivity index (χ3v) is 6.56. The van der Waals surface area contributed by atoms with Crippen LogP contribution in [0.25, 0.3) is 0 Å². The molecule has 7 nitrogen and oxygen atoms in total. The molecule has 170 valence electrons.